The van der Waals surface area contributed by atoms with Crippen molar-refractivity contribution in [3.8, 4) is 11.5 Å². The lowest BCUT2D eigenvalue weighted by Crippen LogP contribution is -2.34. The van der Waals surface area contributed by atoms with Gasteiger partial charge in [-0.25, -0.2) is 4.79 Å². The second-order valence-corrected chi connectivity index (χ2v) is 8.57. The first-order valence-corrected chi connectivity index (χ1v) is 10.9. The van der Waals surface area contributed by atoms with Crippen molar-refractivity contribution in [3.63, 3.8) is 0 Å². The molecular formula is C25H33N3O6. The van der Waals surface area contributed by atoms with Crippen LogP contribution in [0.3, 0.4) is 0 Å². The Bertz CT molecular complexity index is 983. The minimum Gasteiger partial charge on any atom is -0.493 e. The van der Waals surface area contributed by atoms with Crippen LogP contribution in [0.25, 0.3) is 0 Å². The van der Waals surface area contributed by atoms with Gasteiger partial charge < -0.3 is 30.2 Å². The molecule has 0 aliphatic heterocycles. The average Bonchev–Trinajstić information content (AvgIpc) is 2.77. The topological polar surface area (TPSA) is 115 Å². The van der Waals surface area contributed by atoms with Crippen molar-refractivity contribution in [2.75, 3.05) is 26.1 Å². The summed E-state index contributed by atoms with van der Waals surface area (Å²) in [5.41, 5.74) is 1.75. The molecule has 0 unspecified atom stereocenters. The van der Waals surface area contributed by atoms with Crippen LogP contribution in [0, 0.1) is 0 Å². The monoisotopic (exact) mass is 471 g/mol. The van der Waals surface area contributed by atoms with Gasteiger partial charge in [-0.2, -0.15) is 0 Å². The van der Waals surface area contributed by atoms with E-state index in [9.17, 15) is 14.4 Å². The summed E-state index contributed by atoms with van der Waals surface area (Å²) < 4.78 is 15.6. The maximum Gasteiger partial charge on any atom is 0.407 e. The standard InChI is InChI=1S/C25H33N3O6/c1-25(2,3)34-24(31)26-13-12-22(29)28-19-9-6-17(7-10-19)16-27-23(30)15-18-8-11-20(32-4)21(14-18)33-5/h6-11,14H,12-13,15-16H2,1-5H3,(H,26,31)(H,27,30)(H,28,29). The van der Waals surface area contributed by atoms with Crippen LogP contribution >= 0.6 is 0 Å². The smallest absolute Gasteiger partial charge is 0.407 e. The molecule has 34 heavy (non-hydrogen) atoms. The Balaban J connectivity index is 1.74. The zero-order chi connectivity index (χ0) is 25.1. The second-order valence-electron chi connectivity index (χ2n) is 8.57. The highest BCUT2D eigenvalue weighted by Crippen LogP contribution is 2.27. The Labute approximate surface area is 200 Å². The Kier molecular flexibility index (Phi) is 9.73. The predicted molar refractivity (Wildman–Crippen MR) is 129 cm³/mol. The number of amides is 3. The second kappa shape index (κ2) is 12.5. The number of carbonyl (C=O) groups is 3. The molecule has 0 spiro atoms. The first-order valence-electron chi connectivity index (χ1n) is 10.9. The molecule has 2 aromatic carbocycles. The molecule has 0 saturated carbocycles. The van der Waals surface area contributed by atoms with Crippen LogP contribution in [-0.4, -0.2) is 44.3 Å². The van der Waals surface area contributed by atoms with Gasteiger partial charge in [-0.15, -0.1) is 0 Å². The van der Waals surface area contributed by atoms with E-state index in [4.69, 9.17) is 14.2 Å². The third-order valence-corrected chi connectivity index (χ3v) is 4.56. The van der Waals surface area contributed by atoms with Crippen LogP contribution < -0.4 is 25.4 Å². The van der Waals surface area contributed by atoms with Crippen molar-refractivity contribution >= 4 is 23.6 Å². The minimum atomic E-state index is -0.587. The van der Waals surface area contributed by atoms with Gasteiger partial charge in [-0.1, -0.05) is 18.2 Å². The predicted octanol–water partition coefficient (Wildman–Crippen LogP) is 3.42. The van der Waals surface area contributed by atoms with Gasteiger partial charge >= 0.3 is 6.09 Å². The molecule has 0 aliphatic rings. The number of ether oxygens (including phenoxy) is 3. The number of anilines is 1. The SMILES string of the molecule is COc1ccc(CC(=O)NCc2ccc(NC(=O)CCNC(=O)OC(C)(C)C)cc2)cc1OC. The summed E-state index contributed by atoms with van der Waals surface area (Å²) in [6.07, 6.45) is -0.225. The van der Waals surface area contributed by atoms with Gasteiger partial charge in [-0.3, -0.25) is 9.59 Å². The highest BCUT2D eigenvalue weighted by atomic mass is 16.6. The quantitative estimate of drug-likeness (QED) is 0.489. The van der Waals surface area contributed by atoms with Gasteiger partial charge in [0.2, 0.25) is 11.8 Å². The normalized spacial score (nSPS) is 10.7. The highest BCUT2D eigenvalue weighted by molar-refractivity contribution is 5.91. The number of methoxy groups -OCH3 is 2. The van der Waals surface area contributed by atoms with E-state index in [1.54, 1.807) is 59.3 Å². The number of alkyl carbamates (subject to hydrolysis) is 1. The van der Waals surface area contributed by atoms with Gasteiger partial charge in [0.05, 0.1) is 20.6 Å². The fourth-order valence-corrected chi connectivity index (χ4v) is 2.96. The van der Waals surface area contributed by atoms with Gasteiger partial charge in [0.1, 0.15) is 5.60 Å². The Morgan fingerprint density at radius 3 is 2.09 bits per heavy atom. The van der Waals surface area contributed by atoms with E-state index < -0.39 is 11.7 Å². The molecular weight excluding hydrogens is 438 g/mol. The van der Waals surface area contributed by atoms with E-state index in [1.165, 1.54) is 0 Å². The number of hydrogen-bond donors (Lipinski definition) is 3. The van der Waals surface area contributed by atoms with Crippen LogP contribution in [0.4, 0.5) is 10.5 Å². The highest BCUT2D eigenvalue weighted by Gasteiger charge is 2.16. The maximum absolute atomic E-state index is 12.3. The van der Waals surface area contributed by atoms with E-state index in [2.05, 4.69) is 16.0 Å². The molecule has 0 radical (unpaired) electrons. The van der Waals surface area contributed by atoms with Gasteiger partial charge in [0, 0.05) is 25.2 Å². The zero-order valence-corrected chi connectivity index (χ0v) is 20.3. The van der Waals surface area contributed by atoms with Crippen LogP contribution in [0.5, 0.6) is 11.5 Å². The number of carbonyl (C=O) groups excluding carboxylic acids is 3. The van der Waals surface area contributed by atoms with Crippen molar-refractivity contribution in [2.24, 2.45) is 0 Å². The van der Waals surface area contributed by atoms with Crippen LogP contribution in [0.1, 0.15) is 38.3 Å². The first kappa shape index (κ1) is 26.5. The molecule has 3 amide bonds. The largest absolute Gasteiger partial charge is 0.493 e. The minimum absolute atomic E-state index is 0.118. The van der Waals surface area contributed by atoms with E-state index in [-0.39, 0.29) is 31.2 Å². The number of hydrogen-bond acceptors (Lipinski definition) is 6. The molecule has 9 heteroatoms. The summed E-state index contributed by atoms with van der Waals surface area (Å²) in [6, 6.07) is 12.5. The van der Waals surface area contributed by atoms with Crippen molar-refractivity contribution < 1.29 is 28.6 Å². The first-order chi connectivity index (χ1) is 16.1. The summed E-state index contributed by atoms with van der Waals surface area (Å²) in [6.45, 7) is 5.84. The van der Waals surface area contributed by atoms with Crippen LogP contribution in [0.15, 0.2) is 42.5 Å². The molecule has 0 heterocycles. The summed E-state index contributed by atoms with van der Waals surface area (Å²) in [7, 11) is 3.11. The molecule has 0 aliphatic carbocycles. The molecule has 0 saturated heterocycles. The fourth-order valence-electron chi connectivity index (χ4n) is 2.96. The molecule has 0 fully saturated rings. The average molecular weight is 472 g/mol. The van der Waals surface area contributed by atoms with E-state index in [0.29, 0.717) is 23.7 Å². The Morgan fingerprint density at radius 2 is 1.47 bits per heavy atom. The van der Waals surface area contributed by atoms with E-state index in [0.717, 1.165) is 11.1 Å². The Hall–Kier alpha value is -3.75. The molecule has 3 N–H and O–H groups in total. The lowest BCUT2D eigenvalue weighted by Gasteiger charge is -2.19. The summed E-state index contributed by atoms with van der Waals surface area (Å²) >= 11 is 0. The third kappa shape index (κ3) is 9.40. The van der Waals surface area contributed by atoms with Crippen molar-refractivity contribution in [1.29, 1.82) is 0 Å². The van der Waals surface area contributed by atoms with E-state index in [1.807, 2.05) is 18.2 Å². The fraction of sp³-hybridized carbons (Fsp3) is 0.400. The molecule has 0 aromatic heterocycles. The van der Waals surface area contributed by atoms with Crippen molar-refractivity contribution in [3.05, 3.63) is 53.6 Å². The summed E-state index contributed by atoms with van der Waals surface area (Å²) in [5, 5.41) is 8.19. The third-order valence-electron chi connectivity index (χ3n) is 4.56. The summed E-state index contributed by atoms with van der Waals surface area (Å²) in [4.78, 5) is 36.0. The lowest BCUT2D eigenvalue weighted by molar-refractivity contribution is -0.120. The van der Waals surface area contributed by atoms with Crippen LogP contribution in [0.2, 0.25) is 0 Å². The molecule has 0 atom stereocenters. The molecule has 0 bridgehead atoms. The number of nitrogens with one attached hydrogen (secondary N) is 3. The van der Waals surface area contributed by atoms with Crippen LogP contribution in [-0.2, 0) is 27.3 Å². The van der Waals surface area contributed by atoms with Gasteiger partial charge in [0.25, 0.3) is 0 Å². The van der Waals surface area contributed by atoms with E-state index >= 15 is 0 Å². The number of rotatable bonds is 10. The van der Waals surface area contributed by atoms with Gasteiger partial charge in [0.15, 0.2) is 11.5 Å². The molecule has 9 nitrogen and oxygen atoms in total. The van der Waals surface area contributed by atoms with Crippen molar-refractivity contribution in [2.45, 2.75) is 45.8 Å². The molecule has 184 valence electrons. The molecule has 2 aromatic rings. The van der Waals surface area contributed by atoms with Crippen molar-refractivity contribution in [1.82, 2.24) is 10.6 Å². The van der Waals surface area contributed by atoms with Gasteiger partial charge in [-0.05, 0) is 56.2 Å². The lowest BCUT2D eigenvalue weighted by atomic mass is 10.1. The maximum atomic E-state index is 12.3. The zero-order valence-electron chi connectivity index (χ0n) is 20.3. The summed E-state index contributed by atoms with van der Waals surface area (Å²) in [5.74, 6) is 0.832. The molecule has 2 rings (SSSR count). The Morgan fingerprint density at radius 1 is 0.824 bits per heavy atom. The number of benzene rings is 2.